The molecule has 1 amide bonds. The van der Waals surface area contributed by atoms with Crippen molar-refractivity contribution in [2.45, 2.75) is 6.92 Å². The second-order valence-electron chi connectivity index (χ2n) is 5.14. The minimum absolute atomic E-state index is 0.311. The average molecular weight is 394 g/mol. The van der Waals surface area contributed by atoms with Crippen molar-refractivity contribution in [3.63, 3.8) is 0 Å². The fourth-order valence-electron chi connectivity index (χ4n) is 2.28. The van der Waals surface area contributed by atoms with Gasteiger partial charge in [-0.2, -0.15) is 0 Å². The van der Waals surface area contributed by atoms with Gasteiger partial charge in [-0.15, -0.1) is 11.3 Å². The van der Waals surface area contributed by atoms with Gasteiger partial charge in [0.1, 0.15) is 4.88 Å². The van der Waals surface area contributed by atoms with Crippen molar-refractivity contribution in [3.8, 4) is 0 Å². The topological polar surface area (TPSA) is 55.4 Å². The third kappa shape index (κ3) is 3.79. The van der Waals surface area contributed by atoms with E-state index in [9.17, 15) is 9.59 Å². The molecule has 25 heavy (non-hydrogen) atoms. The number of esters is 1. The average Bonchev–Trinajstić information content (AvgIpc) is 2.92. The molecule has 4 nitrogen and oxygen atoms in total. The molecule has 0 radical (unpaired) electrons. The Morgan fingerprint density at radius 3 is 2.52 bits per heavy atom. The van der Waals surface area contributed by atoms with Gasteiger partial charge in [0, 0.05) is 20.8 Å². The zero-order valence-electron chi connectivity index (χ0n) is 13.1. The maximum absolute atomic E-state index is 12.5. The summed E-state index contributed by atoms with van der Waals surface area (Å²) in [6, 6.07) is 11.8. The smallest absolute Gasteiger partial charge is 0.338 e. The first-order chi connectivity index (χ1) is 12.0. The zero-order chi connectivity index (χ0) is 18.0. The second-order valence-corrected chi connectivity index (χ2v) is 7.00. The van der Waals surface area contributed by atoms with E-state index in [1.54, 1.807) is 49.4 Å². The van der Waals surface area contributed by atoms with Crippen LogP contribution in [-0.4, -0.2) is 18.5 Å². The van der Waals surface area contributed by atoms with Crippen LogP contribution in [0.15, 0.2) is 42.5 Å². The van der Waals surface area contributed by atoms with Gasteiger partial charge in [0.2, 0.25) is 0 Å². The number of rotatable bonds is 4. The summed E-state index contributed by atoms with van der Waals surface area (Å²) in [4.78, 5) is 24.5. The minimum atomic E-state index is -0.398. The number of hydrogen-bond acceptors (Lipinski definition) is 4. The summed E-state index contributed by atoms with van der Waals surface area (Å²) in [5.74, 6) is -0.712. The molecule has 0 aliphatic rings. The fourth-order valence-corrected chi connectivity index (χ4v) is 3.97. The largest absolute Gasteiger partial charge is 0.462 e. The number of ether oxygens (including phenoxy) is 1. The first kappa shape index (κ1) is 17.7. The first-order valence-corrected chi connectivity index (χ1v) is 9.03. The van der Waals surface area contributed by atoms with E-state index in [0.717, 1.165) is 10.1 Å². The summed E-state index contributed by atoms with van der Waals surface area (Å²) in [5, 5.41) is 4.56. The highest BCUT2D eigenvalue weighted by Crippen LogP contribution is 2.37. The normalized spacial score (nSPS) is 10.7. The zero-order valence-corrected chi connectivity index (χ0v) is 15.5. The van der Waals surface area contributed by atoms with Crippen molar-refractivity contribution in [2.75, 3.05) is 11.9 Å². The number of amides is 1. The molecule has 1 heterocycles. The fraction of sp³-hybridized carbons (Fsp3) is 0.111. The van der Waals surface area contributed by atoms with Crippen molar-refractivity contribution in [3.05, 3.63) is 63.0 Å². The van der Waals surface area contributed by atoms with E-state index in [2.05, 4.69) is 5.32 Å². The first-order valence-electron chi connectivity index (χ1n) is 7.45. The van der Waals surface area contributed by atoms with Crippen LogP contribution in [0.2, 0.25) is 10.0 Å². The molecule has 0 unspecified atom stereocenters. The molecule has 0 saturated carbocycles. The van der Waals surface area contributed by atoms with Crippen molar-refractivity contribution >= 4 is 62.2 Å². The summed E-state index contributed by atoms with van der Waals surface area (Å²) in [6.07, 6.45) is 0. The van der Waals surface area contributed by atoms with Gasteiger partial charge in [0.05, 0.1) is 17.2 Å². The highest BCUT2D eigenvalue weighted by atomic mass is 35.5. The molecular formula is C18H13Cl2NO3S. The van der Waals surface area contributed by atoms with Gasteiger partial charge in [-0.25, -0.2) is 4.79 Å². The number of nitrogens with one attached hydrogen (secondary N) is 1. The summed E-state index contributed by atoms with van der Waals surface area (Å²) >= 11 is 13.6. The van der Waals surface area contributed by atoms with E-state index >= 15 is 0 Å². The lowest BCUT2D eigenvalue weighted by Crippen LogP contribution is -2.11. The summed E-state index contributed by atoms with van der Waals surface area (Å²) in [5.41, 5.74) is 0.985. The number of halogens is 2. The van der Waals surface area contributed by atoms with E-state index in [1.807, 2.05) is 0 Å². The van der Waals surface area contributed by atoms with Gasteiger partial charge in [0.15, 0.2) is 0 Å². The molecule has 7 heteroatoms. The summed E-state index contributed by atoms with van der Waals surface area (Å²) in [6.45, 7) is 2.06. The van der Waals surface area contributed by atoms with Gasteiger partial charge >= 0.3 is 5.97 Å². The predicted molar refractivity (Wildman–Crippen MR) is 102 cm³/mol. The van der Waals surface area contributed by atoms with Crippen LogP contribution in [0, 0.1) is 0 Å². The quantitative estimate of drug-likeness (QED) is 0.583. The van der Waals surface area contributed by atoms with Crippen molar-refractivity contribution in [1.82, 2.24) is 0 Å². The lowest BCUT2D eigenvalue weighted by molar-refractivity contribution is 0.0526. The van der Waals surface area contributed by atoms with Gasteiger partial charge in [-0.05, 0) is 43.3 Å². The number of carbonyl (C=O) groups is 2. The van der Waals surface area contributed by atoms with E-state index in [1.165, 1.54) is 11.3 Å². The van der Waals surface area contributed by atoms with Crippen molar-refractivity contribution in [1.29, 1.82) is 0 Å². The number of anilines is 1. The lowest BCUT2D eigenvalue weighted by atomic mass is 10.2. The standard InChI is InChI=1S/C18H13Cl2NO3S/c1-2-24-18(23)10-3-6-12(7-4-10)21-17(22)16-15(20)13-8-5-11(19)9-14(13)25-16/h3-9H,2H2,1H3,(H,21,22). The third-order valence-corrected chi connectivity index (χ3v) is 5.34. The van der Waals surface area contributed by atoms with Crippen LogP contribution in [0.5, 0.6) is 0 Å². The van der Waals surface area contributed by atoms with Crippen LogP contribution >= 0.6 is 34.5 Å². The Balaban J connectivity index is 1.80. The Kier molecular flexibility index (Phi) is 5.27. The van der Waals surface area contributed by atoms with Gasteiger partial charge in [-0.1, -0.05) is 29.3 Å². The van der Waals surface area contributed by atoms with Crippen LogP contribution in [-0.2, 0) is 4.74 Å². The molecule has 2 aromatic carbocycles. The molecule has 3 rings (SSSR count). The van der Waals surface area contributed by atoms with Crippen LogP contribution in [0.25, 0.3) is 10.1 Å². The van der Waals surface area contributed by atoms with E-state index < -0.39 is 5.97 Å². The Hall–Kier alpha value is -2.08. The Labute approximate surface area is 158 Å². The van der Waals surface area contributed by atoms with Crippen LogP contribution in [0.4, 0.5) is 5.69 Å². The number of fused-ring (bicyclic) bond motifs is 1. The molecule has 1 aromatic heterocycles. The molecule has 3 aromatic rings. The molecule has 0 spiro atoms. The molecule has 0 atom stereocenters. The maximum Gasteiger partial charge on any atom is 0.338 e. The monoisotopic (exact) mass is 393 g/mol. The molecule has 0 saturated heterocycles. The highest BCUT2D eigenvalue weighted by Gasteiger charge is 2.17. The Bertz CT molecular complexity index is 951. The molecule has 0 fully saturated rings. The van der Waals surface area contributed by atoms with Crippen molar-refractivity contribution in [2.24, 2.45) is 0 Å². The second kappa shape index (κ2) is 7.44. The van der Waals surface area contributed by atoms with Gasteiger partial charge < -0.3 is 10.1 Å². The number of carbonyl (C=O) groups excluding carboxylic acids is 2. The minimum Gasteiger partial charge on any atom is -0.462 e. The molecule has 0 aliphatic heterocycles. The van der Waals surface area contributed by atoms with Crippen molar-refractivity contribution < 1.29 is 14.3 Å². The predicted octanol–water partition coefficient (Wildman–Crippen LogP) is 5.64. The third-order valence-electron chi connectivity index (χ3n) is 3.45. The molecular weight excluding hydrogens is 381 g/mol. The summed E-state index contributed by atoms with van der Waals surface area (Å²) in [7, 11) is 0. The van der Waals surface area contributed by atoms with Gasteiger partial charge in [0.25, 0.3) is 5.91 Å². The molecule has 128 valence electrons. The molecule has 1 N–H and O–H groups in total. The van der Waals surface area contributed by atoms with E-state index in [0.29, 0.717) is 32.8 Å². The number of hydrogen-bond donors (Lipinski definition) is 1. The lowest BCUT2D eigenvalue weighted by Gasteiger charge is -2.06. The van der Waals surface area contributed by atoms with Crippen LogP contribution in [0.1, 0.15) is 27.0 Å². The molecule has 0 aliphatic carbocycles. The number of thiophene rings is 1. The van der Waals surface area contributed by atoms with Crippen LogP contribution in [0.3, 0.4) is 0 Å². The Morgan fingerprint density at radius 1 is 1.12 bits per heavy atom. The Morgan fingerprint density at radius 2 is 1.84 bits per heavy atom. The SMILES string of the molecule is CCOC(=O)c1ccc(NC(=O)c2sc3cc(Cl)ccc3c2Cl)cc1. The number of benzene rings is 2. The van der Waals surface area contributed by atoms with E-state index in [4.69, 9.17) is 27.9 Å². The van der Waals surface area contributed by atoms with Crippen LogP contribution < -0.4 is 5.32 Å². The van der Waals surface area contributed by atoms with Gasteiger partial charge in [-0.3, -0.25) is 4.79 Å². The highest BCUT2D eigenvalue weighted by molar-refractivity contribution is 7.21. The maximum atomic E-state index is 12.5. The van der Waals surface area contributed by atoms with E-state index in [-0.39, 0.29) is 5.91 Å². The summed E-state index contributed by atoms with van der Waals surface area (Å²) < 4.78 is 5.77. The molecule has 0 bridgehead atoms.